The molecule has 31 heavy (non-hydrogen) atoms. The average Bonchev–Trinajstić information content (AvgIpc) is 3.10. The molecule has 0 bridgehead atoms. The summed E-state index contributed by atoms with van der Waals surface area (Å²) in [5, 5.41) is 4.26. The summed E-state index contributed by atoms with van der Waals surface area (Å²) >= 11 is 1.59. The Labute approximate surface area is 188 Å². The van der Waals surface area contributed by atoms with Gasteiger partial charge in [-0.2, -0.15) is 0 Å². The number of hydrogen-bond acceptors (Lipinski definition) is 2. The second-order valence-electron chi connectivity index (χ2n) is 8.15. The zero-order valence-corrected chi connectivity index (χ0v) is 19.3. The van der Waals surface area contributed by atoms with Gasteiger partial charge in [0.2, 0.25) is 5.91 Å². The number of fused-ring (bicyclic) bond motifs is 1. The maximum Gasteiger partial charge on any atom is 0.234 e. The van der Waals surface area contributed by atoms with E-state index in [1.54, 1.807) is 11.8 Å². The zero-order valence-electron chi connectivity index (χ0n) is 18.5. The van der Waals surface area contributed by atoms with Gasteiger partial charge in [0.25, 0.3) is 0 Å². The van der Waals surface area contributed by atoms with Gasteiger partial charge in [-0.05, 0) is 62.1 Å². The third-order valence-corrected chi connectivity index (χ3v) is 6.88. The van der Waals surface area contributed by atoms with Crippen LogP contribution in [0.4, 0.5) is 5.69 Å². The van der Waals surface area contributed by atoms with Gasteiger partial charge in [-0.3, -0.25) is 4.79 Å². The van der Waals surface area contributed by atoms with Crippen LogP contribution in [0.25, 0.3) is 10.9 Å². The summed E-state index contributed by atoms with van der Waals surface area (Å²) < 4.78 is 2.29. The number of anilines is 1. The van der Waals surface area contributed by atoms with Crippen LogP contribution in [0.2, 0.25) is 0 Å². The van der Waals surface area contributed by atoms with E-state index in [-0.39, 0.29) is 5.91 Å². The highest BCUT2D eigenvalue weighted by Crippen LogP contribution is 2.31. The molecular weight excluding hydrogens is 400 g/mol. The number of carbonyl (C=O) groups is 1. The maximum absolute atomic E-state index is 12.6. The van der Waals surface area contributed by atoms with Crippen molar-refractivity contribution in [3.05, 3.63) is 94.7 Å². The van der Waals surface area contributed by atoms with Crippen LogP contribution in [0.3, 0.4) is 0 Å². The van der Waals surface area contributed by atoms with E-state index in [1.807, 2.05) is 19.1 Å². The second-order valence-corrected chi connectivity index (χ2v) is 9.17. The minimum atomic E-state index is 0.0186. The SMILES string of the molecule is Cc1ccc(C)c(Cn2cc(SCC(=O)Nc3cccc(C)c3C)c3ccccc32)c1. The van der Waals surface area contributed by atoms with Crippen LogP contribution >= 0.6 is 11.8 Å². The Morgan fingerprint density at radius 1 is 0.935 bits per heavy atom. The lowest BCUT2D eigenvalue weighted by molar-refractivity contribution is -0.113. The summed E-state index contributed by atoms with van der Waals surface area (Å²) in [4.78, 5) is 13.8. The topological polar surface area (TPSA) is 34.0 Å². The molecular formula is C27H28N2OS. The highest BCUT2D eigenvalue weighted by molar-refractivity contribution is 8.00. The highest BCUT2D eigenvalue weighted by Gasteiger charge is 2.13. The number of aryl methyl sites for hydroxylation is 3. The Morgan fingerprint density at radius 2 is 1.74 bits per heavy atom. The molecule has 0 saturated heterocycles. The molecule has 0 saturated carbocycles. The number of aromatic nitrogens is 1. The number of rotatable bonds is 6. The van der Waals surface area contributed by atoms with Crippen molar-refractivity contribution in [3.8, 4) is 0 Å². The predicted octanol–water partition coefficient (Wildman–Crippen LogP) is 6.65. The Morgan fingerprint density at radius 3 is 2.58 bits per heavy atom. The lowest BCUT2D eigenvalue weighted by atomic mass is 10.1. The van der Waals surface area contributed by atoms with Crippen LogP contribution in [0.5, 0.6) is 0 Å². The summed E-state index contributed by atoms with van der Waals surface area (Å²) in [6, 6.07) is 21.0. The molecule has 0 spiro atoms. The molecule has 1 amide bonds. The van der Waals surface area contributed by atoms with Gasteiger partial charge < -0.3 is 9.88 Å². The van der Waals surface area contributed by atoms with Gasteiger partial charge >= 0.3 is 0 Å². The quantitative estimate of drug-likeness (QED) is 0.349. The average molecular weight is 429 g/mol. The van der Waals surface area contributed by atoms with Crippen molar-refractivity contribution in [1.82, 2.24) is 4.57 Å². The minimum Gasteiger partial charge on any atom is -0.342 e. The van der Waals surface area contributed by atoms with E-state index in [4.69, 9.17) is 0 Å². The molecule has 3 aromatic carbocycles. The first-order valence-corrected chi connectivity index (χ1v) is 11.5. The molecule has 0 aliphatic heterocycles. The van der Waals surface area contributed by atoms with E-state index >= 15 is 0 Å². The van der Waals surface area contributed by atoms with E-state index in [9.17, 15) is 4.79 Å². The lowest BCUT2D eigenvalue weighted by Gasteiger charge is -2.10. The van der Waals surface area contributed by atoms with Crippen LogP contribution in [-0.2, 0) is 11.3 Å². The van der Waals surface area contributed by atoms with E-state index < -0.39 is 0 Å². The molecule has 4 rings (SSSR count). The zero-order chi connectivity index (χ0) is 22.0. The van der Waals surface area contributed by atoms with Crippen molar-refractivity contribution in [2.75, 3.05) is 11.1 Å². The molecule has 1 N–H and O–H groups in total. The summed E-state index contributed by atoms with van der Waals surface area (Å²) in [5.74, 6) is 0.398. The highest BCUT2D eigenvalue weighted by atomic mass is 32.2. The third-order valence-electron chi connectivity index (χ3n) is 5.83. The lowest BCUT2D eigenvalue weighted by Crippen LogP contribution is -2.15. The van der Waals surface area contributed by atoms with Gasteiger partial charge in [-0.15, -0.1) is 11.8 Å². The van der Waals surface area contributed by atoms with Crippen LogP contribution in [0, 0.1) is 27.7 Å². The molecule has 3 nitrogen and oxygen atoms in total. The van der Waals surface area contributed by atoms with Crippen LogP contribution < -0.4 is 5.32 Å². The van der Waals surface area contributed by atoms with Gasteiger partial charge in [0.05, 0.1) is 5.75 Å². The van der Waals surface area contributed by atoms with Gasteiger partial charge in [0.15, 0.2) is 0 Å². The van der Waals surface area contributed by atoms with E-state index in [0.29, 0.717) is 5.75 Å². The van der Waals surface area contributed by atoms with Crippen LogP contribution in [-0.4, -0.2) is 16.2 Å². The third kappa shape index (κ3) is 4.70. The van der Waals surface area contributed by atoms with Crippen molar-refractivity contribution in [1.29, 1.82) is 0 Å². The molecule has 0 fully saturated rings. The van der Waals surface area contributed by atoms with Crippen LogP contribution in [0.1, 0.15) is 27.8 Å². The van der Waals surface area contributed by atoms with Gasteiger partial charge in [0.1, 0.15) is 0 Å². The number of hydrogen-bond donors (Lipinski definition) is 1. The molecule has 0 aliphatic carbocycles. The largest absolute Gasteiger partial charge is 0.342 e. The first-order valence-electron chi connectivity index (χ1n) is 10.6. The fraction of sp³-hybridized carbons (Fsp3) is 0.222. The normalized spacial score (nSPS) is 11.1. The molecule has 4 aromatic rings. The number of thioether (sulfide) groups is 1. The fourth-order valence-electron chi connectivity index (χ4n) is 3.83. The molecule has 0 unspecified atom stereocenters. The monoisotopic (exact) mass is 428 g/mol. The first kappa shape index (κ1) is 21.3. The predicted molar refractivity (Wildman–Crippen MR) is 132 cm³/mol. The smallest absolute Gasteiger partial charge is 0.234 e. The summed E-state index contributed by atoms with van der Waals surface area (Å²) in [6.07, 6.45) is 2.18. The van der Waals surface area contributed by atoms with E-state index in [2.05, 4.69) is 85.4 Å². The Bertz CT molecular complexity index is 1260. The van der Waals surface area contributed by atoms with Gasteiger partial charge in [0, 0.05) is 34.2 Å². The summed E-state index contributed by atoms with van der Waals surface area (Å²) in [6.45, 7) is 9.22. The maximum atomic E-state index is 12.6. The number of benzene rings is 3. The summed E-state index contributed by atoms with van der Waals surface area (Å²) in [7, 11) is 0. The van der Waals surface area contributed by atoms with Crippen molar-refractivity contribution >= 4 is 34.3 Å². The number of nitrogens with zero attached hydrogens (tertiary/aromatic N) is 1. The Balaban J connectivity index is 1.54. The number of amides is 1. The Hall–Kier alpha value is -2.98. The van der Waals surface area contributed by atoms with E-state index in [0.717, 1.165) is 22.7 Å². The van der Waals surface area contributed by atoms with Gasteiger partial charge in [-0.1, -0.05) is 54.1 Å². The Kier molecular flexibility index (Phi) is 6.19. The van der Waals surface area contributed by atoms with Crippen molar-refractivity contribution in [2.45, 2.75) is 39.1 Å². The molecule has 4 heteroatoms. The standard InChI is InChI=1S/C27H28N2OS/c1-18-12-13-20(3)22(14-18)15-29-16-26(23-9-5-6-11-25(23)29)31-17-27(30)28-24-10-7-8-19(2)21(24)4/h5-14,16H,15,17H2,1-4H3,(H,28,30). The second kappa shape index (κ2) is 9.03. The number of carbonyl (C=O) groups excluding carboxylic acids is 1. The van der Waals surface area contributed by atoms with E-state index in [1.165, 1.54) is 33.2 Å². The van der Waals surface area contributed by atoms with Gasteiger partial charge in [-0.25, -0.2) is 0 Å². The molecule has 0 atom stereocenters. The first-order chi connectivity index (χ1) is 14.9. The molecule has 158 valence electrons. The molecule has 1 aromatic heterocycles. The number of para-hydroxylation sites is 1. The number of nitrogens with one attached hydrogen (secondary N) is 1. The molecule has 0 radical (unpaired) electrons. The van der Waals surface area contributed by atoms with Crippen molar-refractivity contribution in [3.63, 3.8) is 0 Å². The van der Waals surface area contributed by atoms with Crippen molar-refractivity contribution < 1.29 is 4.79 Å². The fourth-order valence-corrected chi connectivity index (χ4v) is 4.72. The van der Waals surface area contributed by atoms with Crippen molar-refractivity contribution in [2.24, 2.45) is 0 Å². The minimum absolute atomic E-state index is 0.0186. The molecule has 0 aliphatic rings. The van der Waals surface area contributed by atoms with Crippen LogP contribution in [0.15, 0.2) is 71.8 Å². The summed E-state index contributed by atoms with van der Waals surface area (Å²) in [5.41, 5.74) is 8.28. The molecule has 1 heterocycles.